The van der Waals surface area contributed by atoms with Crippen LogP contribution >= 0.6 is 11.3 Å². The highest BCUT2D eigenvalue weighted by atomic mass is 32.1. The second-order valence-corrected chi connectivity index (χ2v) is 5.16. The van der Waals surface area contributed by atoms with Crippen LogP contribution in [-0.2, 0) is 6.54 Å². The zero-order chi connectivity index (χ0) is 12.3. The van der Waals surface area contributed by atoms with Gasteiger partial charge >= 0.3 is 0 Å². The van der Waals surface area contributed by atoms with Crippen molar-refractivity contribution in [1.29, 1.82) is 0 Å². The van der Waals surface area contributed by atoms with Crippen LogP contribution in [-0.4, -0.2) is 21.9 Å². The van der Waals surface area contributed by atoms with Crippen molar-refractivity contribution < 1.29 is 0 Å². The highest BCUT2D eigenvalue weighted by Crippen LogP contribution is 2.21. The molecule has 0 bridgehead atoms. The van der Waals surface area contributed by atoms with Crippen LogP contribution in [0.25, 0.3) is 0 Å². The monoisotopic (exact) mass is 248 g/mol. The fraction of sp³-hybridized carbons (Fsp3) is 0.333. The number of nitrogens with two attached hydrogens (primary N) is 1. The molecule has 0 aliphatic rings. The highest BCUT2D eigenvalue weighted by Gasteiger charge is 2.13. The average molecular weight is 248 g/mol. The first-order valence-electron chi connectivity index (χ1n) is 5.48. The second kappa shape index (κ2) is 5.25. The van der Waals surface area contributed by atoms with Gasteiger partial charge in [0.2, 0.25) is 0 Å². The molecule has 2 rings (SSSR count). The van der Waals surface area contributed by atoms with E-state index >= 15 is 0 Å². The number of nitrogen functional groups attached to an aromatic ring is 1. The third-order valence-corrected chi connectivity index (χ3v) is 3.56. The van der Waals surface area contributed by atoms with Gasteiger partial charge in [-0.05, 0) is 26.1 Å². The maximum Gasteiger partial charge on any atom is 0.180 e. The SMILES string of the molecule is CC(c1ccccn1)N(C)Cc1cnc(N)s1. The Balaban J connectivity index is 2.03. The van der Waals surface area contributed by atoms with Crippen LogP contribution in [0.15, 0.2) is 30.6 Å². The zero-order valence-corrected chi connectivity index (χ0v) is 10.8. The van der Waals surface area contributed by atoms with Gasteiger partial charge in [0.25, 0.3) is 0 Å². The van der Waals surface area contributed by atoms with Gasteiger partial charge in [0.15, 0.2) is 5.13 Å². The Bertz CT molecular complexity index is 468. The van der Waals surface area contributed by atoms with Crippen LogP contribution in [0, 0.1) is 0 Å². The van der Waals surface area contributed by atoms with E-state index in [1.165, 1.54) is 16.2 Å². The van der Waals surface area contributed by atoms with Gasteiger partial charge in [0, 0.05) is 29.9 Å². The maximum absolute atomic E-state index is 5.62. The summed E-state index contributed by atoms with van der Waals surface area (Å²) in [5, 5.41) is 0.624. The third-order valence-electron chi connectivity index (χ3n) is 2.75. The normalized spacial score (nSPS) is 12.9. The Morgan fingerprint density at radius 1 is 1.41 bits per heavy atom. The minimum absolute atomic E-state index is 0.277. The fourth-order valence-electron chi connectivity index (χ4n) is 1.63. The maximum atomic E-state index is 5.62. The van der Waals surface area contributed by atoms with Crippen molar-refractivity contribution in [2.75, 3.05) is 12.8 Å². The lowest BCUT2D eigenvalue weighted by atomic mass is 10.2. The average Bonchev–Trinajstić information content (AvgIpc) is 2.75. The molecule has 0 saturated carbocycles. The van der Waals surface area contributed by atoms with E-state index in [9.17, 15) is 0 Å². The van der Waals surface area contributed by atoms with Crippen molar-refractivity contribution in [1.82, 2.24) is 14.9 Å². The number of hydrogen-bond donors (Lipinski definition) is 1. The van der Waals surface area contributed by atoms with Crippen molar-refractivity contribution in [3.8, 4) is 0 Å². The van der Waals surface area contributed by atoms with E-state index < -0.39 is 0 Å². The first kappa shape index (κ1) is 12.0. The molecule has 2 aromatic heterocycles. The molecular formula is C12H16N4S. The molecule has 90 valence electrons. The second-order valence-electron chi connectivity index (χ2n) is 4.01. The molecule has 0 saturated heterocycles. The van der Waals surface area contributed by atoms with Gasteiger partial charge in [-0.3, -0.25) is 9.88 Å². The predicted molar refractivity (Wildman–Crippen MR) is 70.6 cm³/mol. The first-order chi connectivity index (χ1) is 8.16. The van der Waals surface area contributed by atoms with Gasteiger partial charge in [-0.15, -0.1) is 11.3 Å². The number of thiazole rings is 1. The van der Waals surface area contributed by atoms with Crippen LogP contribution in [0.3, 0.4) is 0 Å². The van der Waals surface area contributed by atoms with Gasteiger partial charge in [-0.25, -0.2) is 4.98 Å². The van der Waals surface area contributed by atoms with Crippen LogP contribution in [0.1, 0.15) is 23.5 Å². The Morgan fingerprint density at radius 3 is 2.82 bits per heavy atom. The van der Waals surface area contributed by atoms with E-state index in [2.05, 4.69) is 28.8 Å². The quantitative estimate of drug-likeness (QED) is 0.902. The molecule has 0 radical (unpaired) electrons. The van der Waals surface area contributed by atoms with Crippen molar-refractivity contribution in [2.24, 2.45) is 0 Å². The Labute approximate surface area is 105 Å². The van der Waals surface area contributed by atoms with Crippen molar-refractivity contribution >= 4 is 16.5 Å². The topological polar surface area (TPSA) is 55.0 Å². The first-order valence-corrected chi connectivity index (χ1v) is 6.30. The summed E-state index contributed by atoms with van der Waals surface area (Å²) >= 11 is 1.53. The summed E-state index contributed by atoms with van der Waals surface area (Å²) in [7, 11) is 2.08. The Hall–Kier alpha value is -1.46. The predicted octanol–water partition coefficient (Wildman–Crippen LogP) is 2.31. The molecule has 17 heavy (non-hydrogen) atoms. The van der Waals surface area contributed by atoms with E-state index in [4.69, 9.17) is 5.73 Å². The van der Waals surface area contributed by atoms with E-state index in [-0.39, 0.29) is 6.04 Å². The fourth-order valence-corrected chi connectivity index (χ4v) is 2.38. The summed E-state index contributed by atoms with van der Waals surface area (Å²) in [5.41, 5.74) is 6.69. The molecule has 0 aliphatic carbocycles. The molecule has 2 N–H and O–H groups in total. The van der Waals surface area contributed by atoms with Crippen LogP contribution < -0.4 is 5.73 Å². The molecule has 2 heterocycles. The number of aromatic nitrogens is 2. The molecule has 0 fully saturated rings. The molecule has 4 nitrogen and oxygen atoms in total. The van der Waals surface area contributed by atoms with Gasteiger partial charge in [-0.2, -0.15) is 0 Å². The Kier molecular flexibility index (Phi) is 3.71. The minimum atomic E-state index is 0.277. The van der Waals surface area contributed by atoms with E-state index in [0.29, 0.717) is 5.13 Å². The summed E-state index contributed by atoms with van der Waals surface area (Å²) in [6.07, 6.45) is 3.66. The van der Waals surface area contributed by atoms with Gasteiger partial charge in [-0.1, -0.05) is 6.07 Å². The van der Waals surface area contributed by atoms with E-state index in [1.807, 2.05) is 30.6 Å². The van der Waals surface area contributed by atoms with E-state index in [1.54, 1.807) is 0 Å². The summed E-state index contributed by atoms with van der Waals surface area (Å²) in [6, 6.07) is 6.26. The molecule has 2 aromatic rings. The summed E-state index contributed by atoms with van der Waals surface area (Å²) < 4.78 is 0. The highest BCUT2D eigenvalue weighted by molar-refractivity contribution is 7.15. The van der Waals surface area contributed by atoms with Gasteiger partial charge in [0.1, 0.15) is 0 Å². The minimum Gasteiger partial charge on any atom is -0.375 e. The van der Waals surface area contributed by atoms with Crippen LogP contribution in [0.2, 0.25) is 0 Å². The molecule has 0 aromatic carbocycles. The molecule has 0 aliphatic heterocycles. The number of rotatable bonds is 4. The lowest BCUT2D eigenvalue weighted by Crippen LogP contribution is -2.22. The number of pyridine rings is 1. The van der Waals surface area contributed by atoms with Crippen molar-refractivity contribution in [2.45, 2.75) is 19.5 Å². The third kappa shape index (κ3) is 3.01. The van der Waals surface area contributed by atoms with Gasteiger partial charge in [0.05, 0.1) is 5.69 Å². The molecular weight excluding hydrogens is 232 g/mol. The zero-order valence-electron chi connectivity index (χ0n) is 10.00. The lowest BCUT2D eigenvalue weighted by molar-refractivity contribution is 0.250. The van der Waals surface area contributed by atoms with Gasteiger partial charge < -0.3 is 5.73 Å². The number of hydrogen-bond acceptors (Lipinski definition) is 5. The summed E-state index contributed by atoms with van der Waals surface area (Å²) in [5.74, 6) is 0. The molecule has 1 unspecified atom stereocenters. The summed E-state index contributed by atoms with van der Waals surface area (Å²) in [6.45, 7) is 2.99. The van der Waals surface area contributed by atoms with Crippen molar-refractivity contribution in [3.63, 3.8) is 0 Å². The number of anilines is 1. The standard InChI is InChI=1S/C12H16N4S/c1-9(11-5-3-4-6-14-11)16(2)8-10-7-15-12(13)17-10/h3-7,9H,8H2,1-2H3,(H2,13,15). The van der Waals surface area contributed by atoms with E-state index in [0.717, 1.165) is 12.2 Å². The molecule has 0 amide bonds. The number of nitrogens with zero attached hydrogens (tertiary/aromatic N) is 3. The molecule has 0 spiro atoms. The van der Waals surface area contributed by atoms with Crippen molar-refractivity contribution in [3.05, 3.63) is 41.2 Å². The van der Waals surface area contributed by atoms with Crippen LogP contribution in [0.5, 0.6) is 0 Å². The van der Waals surface area contributed by atoms with Crippen LogP contribution in [0.4, 0.5) is 5.13 Å². The Morgan fingerprint density at radius 2 is 2.24 bits per heavy atom. The largest absolute Gasteiger partial charge is 0.375 e. The summed E-state index contributed by atoms with van der Waals surface area (Å²) in [4.78, 5) is 11.8. The molecule has 1 atom stereocenters. The molecule has 5 heteroatoms. The smallest absolute Gasteiger partial charge is 0.180 e. The lowest BCUT2D eigenvalue weighted by Gasteiger charge is -2.23.